The molecule has 3 nitrogen and oxygen atoms in total. The molecule has 0 aromatic carbocycles. The monoisotopic (exact) mass is 278 g/mol. The molecule has 0 N–H and O–H groups in total. The Morgan fingerprint density at radius 2 is 1.45 bits per heavy atom. The lowest BCUT2D eigenvalue weighted by atomic mass is 10.1. The van der Waals surface area contributed by atoms with Crippen LogP contribution in [0.3, 0.4) is 0 Å². The van der Waals surface area contributed by atoms with Gasteiger partial charge in [-0.15, -0.1) is 0 Å². The number of hydrogen-bond acceptors (Lipinski definition) is 3. The molecule has 0 aliphatic carbocycles. The molecule has 20 heavy (non-hydrogen) atoms. The predicted octanol–water partition coefficient (Wildman–Crippen LogP) is 4.15. The summed E-state index contributed by atoms with van der Waals surface area (Å²) < 4.78 is 4.86. The fraction of sp³-hybridized carbons (Fsp3) is 0.529. The van der Waals surface area contributed by atoms with E-state index in [1.165, 1.54) is 18.1 Å². The number of ether oxygens (including phenoxy) is 1. The maximum Gasteiger partial charge on any atom is 0.302 e. The molecule has 0 rings (SSSR count). The topological polar surface area (TPSA) is 43.4 Å². The van der Waals surface area contributed by atoms with E-state index >= 15 is 0 Å². The Morgan fingerprint density at radius 1 is 0.900 bits per heavy atom. The number of rotatable bonds is 9. The van der Waals surface area contributed by atoms with Crippen LogP contribution in [0.15, 0.2) is 34.9 Å². The third kappa shape index (κ3) is 11.5. The average Bonchev–Trinajstić information content (AvgIpc) is 2.38. The van der Waals surface area contributed by atoms with Crippen LogP contribution >= 0.6 is 0 Å². The number of hydrogen-bond donors (Lipinski definition) is 0. The molecule has 0 amide bonds. The third-order valence-electron chi connectivity index (χ3n) is 2.94. The summed E-state index contributed by atoms with van der Waals surface area (Å²) in [6.07, 6.45) is 10.9. The number of esters is 1. The summed E-state index contributed by atoms with van der Waals surface area (Å²) in [7, 11) is 0. The first-order valence-electron chi connectivity index (χ1n) is 7.02. The first-order valence-corrected chi connectivity index (χ1v) is 7.02. The quantitative estimate of drug-likeness (QED) is 0.275. The molecule has 0 heterocycles. The molecule has 0 aromatic heterocycles. The highest BCUT2D eigenvalue weighted by Gasteiger charge is 1.93. The summed E-state index contributed by atoms with van der Waals surface area (Å²) in [6, 6.07) is 0. The number of carbonyl (C=O) groups excluding carboxylic acids is 2. The van der Waals surface area contributed by atoms with Gasteiger partial charge in [0.05, 0.1) is 0 Å². The van der Waals surface area contributed by atoms with Gasteiger partial charge in [0, 0.05) is 6.92 Å². The molecule has 0 aromatic rings. The van der Waals surface area contributed by atoms with Crippen LogP contribution in [-0.4, -0.2) is 18.9 Å². The first kappa shape index (κ1) is 18.4. The molecule has 0 unspecified atom stereocenters. The van der Waals surface area contributed by atoms with Gasteiger partial charge in [-0.3, -0.25) is 9.59 Å². The van der Waals surface area contributed by atoms with Crippen LogP contribution in [0.25, 0.3) is 0 Å². The van der Waals surface area contributed by atoms with E-state index in [-0.39, 0.29) is 5.97 Å². The molecule has 0 spiro atoms. The zero-order chi connectivity index (χ0) is 15.4. The lowest BCUT2D eigenvalue weighted by molar-refractivity contribution is -0.139. The molecule has 0 bridgehead atoms. The Hall–Kier alpha value is -1.64. The van der Waals surface area contributed by atoms with Crippen LogP contribution in [0, 0.1) is 0 Å². The lowest BCUT2D eigenvalue weighted by Crippen LogP contribution is -1.98. The van der Waals surface area contributed by atoms with Crippen LogP contribution in [0.5, 0.6) is 0 Å². The van der Waals surface area contributed by atoms with Crippen LogP contribution in [-0.2, 0) is 14.3 Å². The number of aldehydes is 1. The van der Waals surface area contributed by atoms with E-state index in [0.29, 0.717) is 6.61 Å². The van der Waals surface area contributed by atoms with E-state index in [4.69, 9.17) is 4.74 Å². The van der Waals surface area contributed by atoms with Crippen molar-refractivity contribution in [3.05, 3.63) is 34.9 Å². The van der Waals surface area contributed by atoms with Crippen molar-refractivity contribution in [1.82, 2.24) is 0 Å². The van der Waals surface area contributed by atoms with Gasteiger partial charge < -0.3 is 4.74 Å². The molecule has 3 heteroatoms. The minimum atomic E-state index is -0.247. The van der Waals surface area contributed by atoms with E-state index in [9.17, 15) is 9.59 Å². The summed E-state index contributed by atoms with van der Waals surface area (Å²) in [5.41, 5.74) is 3.36. The molecule has 0 aliphatic rings. The van der Waals surface area contributed by atoms with E-state index in [2.05, 4.69) is 13.0 Å². The minimum Gasteiger partial charge on any atom is -0.462 e. The molecule has 112 valence electrons. The maximum atomic E-state index is 10.6. The minimum absolute atomic E-state index is 0.247. The van der Waals surface area contributed by atoms with Crippen molar-refractivity contribution >= 4 is 12.3 Å². The second-order valence-electron chi connectivity index (χ2n) is 5.05. The van der Waals surface area contributed by atoms with Crippen molar-refractivity contribution in [2.45, 2.75) is 53.4 Å². The summed E-state index contributed by atoms with van der Waals surface area (Å²) in [5.74, 6) is -0.247. The highest BCUT2D eigenvalue weighted by Crippen LogP contribution is 2.11. The van der Waals surface area contributed by atoms with Gasteiger partial charge in [0.1, 0.15) is 12.9 Å². The van der Waals surface area contributed by atoms with Crippen LogP contribution < -0.4 is 0 Å². The van der Waals surface area contributed by atoms with Gasteiger partial charge in [0.25, 0.3) is 0 Å². The molecular weight excluding hydrogens is 252 g/mol. The van der Waals surface area contributed by atoms with Gasteiger partial charge >= 0.3 is 5.97 Å². The van der Waals surface area contributed by atoms with Gasteiger partial charge in [-0.05, 0) is 58.1 Å². The zero-order valence-electron chi connectivity index (χ0n) is 13.1. The summed E-state index contributed by atoms with van der Waals surface area (Å²) in [5, 5.41) is 0. The standard InChI is InChI=1S/C17H26O3/c1-14(8-6-10-16(3)13-18)7-5-9-15(2)11-12-20-17(4)19/h7,10-11,13H,5-6,8-9,12H2,1-4H3. The van der Waals surface area contributed by atoms with E-state index in [0.717, 1.165) is 37.5 Å². The van der Waals surface area contributed by atoms with E-state index in [1.807, 2.05) is 26.0 Å². The Kier molecular flexibility index (Phi) is 10.3. The van der Waals surface area contributed by atoms with Gasteiger partial charge in [-0.25, -0.2) is 0 Å². The van der Waals surface area contributed by atoms with E-state index in [1.54, 1.807) is 0 Å². The average molecular weight is 278 g/mol. The van der Waals surface area contributed by atoms with Crippen LogP contribution in [0.2, 0.25) is 0 Å². The van der Waals surface area contributed by atoms with Gasteiger partial charge in [0.15, 0.2) is 0 Å². The van der Waals surface area contributed by atoms with Gasteiger partial charge in [-0.1, -0.05) is 23.3 Å². The fourth-order valence-corrected chi connectivity index (χ4v) is 1.63. The number of carbonyl (C=O) groups is 2. The maximum absolute atomic E-state index is 10.6. The third-order valence-corrected chi connectivity index (χ3v) is 2.94. The Morgan fingerprint density at radius 3 is 2.00 bits per heavy atom. The van der Waals surface area contributed by atoms with Crippen molar-refractivity contribution in [3.8, 4) is 0 Å². The SMILES string of the molecule is CC(=O)OCC=C(C)CCC=C(C)CCC=C(C)C=O. The second kappa shape index (κ2) is 11.2. The van der Waals surface area contributed by atoms with Crippen LogP contribution in [0.1, 0.15) is 53.4 Å². The molecule has 0 aliphatic heterocycles. The van der Waals surface area contributed by atoms with Gasteiger partial charge in [0.2, 0.25) is 0 Å². The van der Waals surface area contributed by atoms with Crippen molar-refractivity contribution in [1.29, 1.82) is 0 Å². The van der Waals surface area contributed by atoms with Gasteiger partial charge in [-0.2, -0.15) is 0 Å². The Labute approximate surface area is 122 Å². The van der Waals surface area contributed by atoms with Crippen LogP contribution in [0.4, 0.5) is 0 Å². The van der Waals surface area contributed by atoms with Crippen molar-refractivity contribution in [2.24, 2.45) is 0 Å². The zero-order valence-corrected chi connectivity index (χ0v) is 13.1. The predicted molar refractivity (Wildman–Crippen MR) is 82.4 cm³/mol. The largest absolute Gasteiger partial charge is 0.462 e. The lowest BCUT2D eigenvalue weighted by Gasteiger charge is -2.02. The summed E-state index contributed by atoms with van der Waals surface area (Å²) in [6.45, 7) is 7.75. The Balaban J connectivity index is 3.92. The second-order valence-corrected chi connectivity index (χ2v) is 5.05. The summed E-state index contributed by atoms with van der Waals surface area (Å²) >= 11 is 0. The first-order chi connectivity index (χ1) is 9.45. The highest BCUT2D eigenvalue weighted by molar-refractivity contribution is 5.71. The number of allylic oxidation sites excluding steroid dienone is 5. The van der Waals surface area contributed by atoms with E-state index < -0.39 is 0 Å². The normalized spacial score (nSPS) is 13.3. The molecule has 0 saturated heterocycles. The van der Waals surface area contributed by atoms with Crippen molar-refractivity contribution < 1.29 is 14.3 Å². The molecule has 0 fully saturated rings. The molecule has 0 saturated carbocycles. The fourth-order valence-electron chi connectivity index (χ4n) is 1.63. The Bertz CT molecular complexity index is 400. The molecule has 0 radical (unpaired) electrons. The summed E-state index contributed by atoms with van der Waals surface area (Å²) in [4.78, 5) is 21.0. The highest BCUT2D eigenvalue weighted by atomic mass is 16.5. The molecular formula is C17H26O3. The van der Waals surface area contributed by atoms with Crippen molar-refractivity contribution in [3.63, 3.8) is 0 Å². The smallest absolute Gasteiger partial charge is 0.302 e. The molecule has 0 atom stereocenters. The van der Waals surface area contributed by atoms with Crippen molar-refractivity contribution in [2.75, 3.05) is 6.61 Å².